The van der Waals surface area contributed by atoms with E-state index in [9.17, 15) is 17.6 Å². The molecule has 0 N–H and O–H groups in total. The minimum atomic E-state index is -3.80. The Balaban J connectivity index is 1.44. The maximum atomic E-state index is 13.7. The number of sulfonamides is 1. The quantitative estimate of drug-likeness (QED) is 0.164. The number of anilines is 1. The van der Waals surface area contributed by atoms with Gasteiger partial charge >= 0.3 is 0 Å². The van der Waals surface area contributed by atoms with Crippen LogP contribution in [0.3, 0.4) is 0 Å². The maximum Gasteiger partial charge on any atom is 0.280 e. The topological polar surface area (TPSA) is 96.1 Å². The van der Waals surface area contributed by atoms with Gasteiger partial charge in [0.1, 0.15) is 11.6 Å². The van der Waals surface area contributed by atoms with Crippen molar-refractivity contribution in [1.82, 2.24) is 9.29 Å². The minimum Gasteiger partial charge on any atom is -0.463 e. The Morgan fingerprint density at radius 3 is 2.51 bits per heavy atom. The Labute approximate surface area is 228 Å². The van der Waals surface area contributed by atoms with Gasteiger partial charge in [0.05, 0.1) is 27.6 Å². The molecule has 0 aliphatic carbocycles. The molecule has 0 saturated carbocycles. The molecule has 8 nitrogen and oxygen atoms in total. The SMILES string of the molecule is CCN(Cc1ccccc1)S(=O)(=O)c1ccc(C(=O)N(/N=C/c2ccco2)c2nc3ccc(F)cc3s2)cc1. The van der Waals surface area contributed by atoms with Crippen LogP contribution in [0.15, 0.2) is 106 Å². The molecule has 0 saturated heterocycles. The number of carbonyl (C=O) groups excluding carboxylic acids is 1. The predicted octanol–water partition coefficient (Wildman–Crippen LogP) is 5.92. The van der Waals surface area contributed by atoms with E-state index < -0.39 is 21.7 Å². The summed E-state index contributed by atoms with van der Waals surface area (Å²) in [6.45, 7) is 2.29. The lowest BCUT2D eigenvalue weighted by Crippen LogP contribution is -2.30. The van der Waals surface area contributed by atoms with Crippen LogP contribution in [0, 0.1) is 5.82 Å². The van der Waals surface area contributed by atoms with Crippen molar-refractivity contribution < 1.29 is 22.0 Å². The standard InChI is InChI=1S/C28H23FN4O4S2/c1-2-32(19-20-7-4-3-5-8-20)39(35,36)24-13-10-21(11-14-24)27(34)33(30-18-23-9-6-16-37-23)28-31-25-15-12-22(29)17-26(25)38-28/h3-18H,2,19H2,1H3/b30-18+. The fraction of sp³-hybridized carbons (Fsp3) is 0.107. The van der Waals surface area contributed by atoms with Crippen LogP contribution in [0.1, 0.15) is 28.6 Å². The summed E-state index contributed by atoms with van der Waals surface area (Å²) in [5.74, 6) is -0.544. The average molecular weight is 563 g/mol. The van der Waals surface area contributed by atoms with Gasteiger partial charge in [0, 0.05) is 18.7 Å². The third kappa shape index (κ3) is 5.80. The van der Waals surface area contributed by atoms with Crippen LogP contribution >= 0.6 is 11.3 Å². The summed E-state index contributed by atoms with van der Waals surface area (Å²) in [5.41, 5.74) is 1.58. The molecule has 2 heterocycles. The lowest BCUT2D eigenvalue weighted by atomic mass is 10.2. The molecule has 0 radical (unpaired) electrons. The van der Waals surface area contributed by atoms with Crippen LogP contribution in [-0.4, -0.2) is 36.4 Å². The number of rotatable bonds is 9. The Hall–Kier alpha value is -4.19. The summed E-state index contributed by atoms with van der Waals surface area (Å²) in [6, 6.07) is 22.5. The number of furan rings is 1. The van der Waals surface area contributed by atoms with E-state index in [0.717, 1.165) is 21.9 Å². The molecule has 198 valence electrons. The number of nitrogens with zero attached hydrogens (tertiary/aromatic N) is 4. The van der Waals surface area contributed by atoms with Gasteiger partial charge < -0.3 is 4.42 Å². The maximum absolute atomic E-state index is 13.7. The van der Waals surface area contributed by atoms with Gasteiger partial charge in [-0.3, -0.25) is 4.79 Å². The minimum absolute atomic E-state index is 0.0675. The van der Waals surface area contributed by atoms with Crippen LogP contribution in [-0.2, 0) is 16.6 Å². The monoisotopic (exact) mass is 562 g/mol. The molecule has 0 spiro atoms. The Kier molecular flexibility index (Phi) is 7.64. The molecule has 0 atom stereocenters. The highest BCUT2D eigenvalue weighted by atomic mass is 32.2. The van der Waals surface area contributed by atoms with Gasteiger partial charge in [-0.15, -0.1) is 0 Å². The summed E-state index contributed by atoms with van der Waals surface area (Å²) in [6.07, 6.45) is 2.84. The summed E-state index contributed by atoms with van der Waals surface area (Å²) in [7, 11) is -3.80. The first-order valence-corrected chi connectivity index (χ1v) is 14.2. The van der Waals surface area contributed by atoms with Crippen molar-refractivity contribution in [3.63, 3.8) is 0 Å². The molecule has 0 fully saturated rings. The first-order valence-electron chi connectivity index (χ1n) is 12.0. The van der Waals surface area contributed by atoms with Gasteiger partial charge in [-0.05, 0) is 60.2 Å². The van der Waals surface area contributed by atoms with Crippen LogP contribution in [0.2, 0.25) is 0 Å². The molecule has 39 heavy (non-hydrogen) atoms. The second-order valence-electron chi connectivity index (χ2n) is 8.43. The molecule has 0 unspecified atom stereocenters. The molecule has 11 heteroatoms. The van der Waals surface area contributed by atoms with Crippen molar-refractivity contribution in [2.45, 2.75) is 18.4 Å². The van der Waals surface area contributed by atoms with E-state index in [1.807, 2.05) is 30.3 Å². The number of hydrazone groups is 1. The zero-order valence-corrected chi connectivity index (χ0v) is 22.4. The number of hydrogen-bond acceptors (Lipinski definition) is 7. The Morgan fingerprint density at radius 2 is 1.82 bits per heavy atom. The fourth-order valence-corrected chi connectivity index (χ4v) is 6.22. The number of halogens is 1. The number of amides is 1. The number of carbonyl (C=O) groups is 1. The Morgan fingerprint density at radius 1 is 1.05 bits per heavy atom. The lowest BCUT2D eigenvalue weighted by molar-refractivity contribution is 0.0987. The first-order chi connectivity index (χ1) is 18.8. The smallest absolute Gasteiger partial charge is 0.280 e. The van der Waals surface area contributed by atoms with Crippen LogP contribution in [0.25, 0.3) is 10.2 Å². The highest BCUT2D eigenvalue weighted by Crippen LogP contribution is 2.31. The van der Waals surface area contributed by atoms with Crippen molar-refractivity contribution in [1.29, 1.82) is 0 Å². The van der Waals surface area contributed by atoms with Crippen molar-refractivity contribution >= 4 is 48.8 Å². The van der Waals surface area contributed by atoms with Crippen LogP contribution < -0.4 is 5.01 Å². The van der Waals surface area contributed by atoms with Crippen molar-refractivity contribution in [3.8, 4) is 0 Å². The van der Waals surface area contributed by atoms with E-state index in [2.05, 4.69) is 10.1 Å². The van der Waals surface area contributed by atoms with Crippen LogP contribution in [0.5, 0.6) is 0 Å². The normalized spacial score (nSPS) is 12.0. The molecular weight excluding hydrogens is 539 g/mol. The zero-order valence-electron chi connectivity index (χ0n) is 20.8. The molecule has 1 amide bonds. The highest BCUT2D eigenvalue weighted by Gasteiger charge is 2.25. The van der Waals surface area contributed by atoms with Gasteiger partial charge in [0.25, 0.3) is 5.91 Å². The highest BCUT2D eigenvalue weighted by molar-refractivity contribution is 7.89. The molecule has 2 aromatic heterocycles. The lowest BCUT2D eigenvalue weighted by Gasteiger charge is -2.21. The Bertz CT molecular complexity index is 1720. The molecule has 3 aromatic carbocycles. The second-order valence-corrected chi connectivity index (χ2v) is 11.4. The largest absolute Gasteiger partial charge is 0.463 e. The third-order valence-corrected chi connectivity index (χ3v) is 8.78. The summed E-state index contributed by atoms with van der Waals surface area (Å²) >= 11 is 1.10. The fourth-order valence-electron chi connectivity index (χ4n) is 3.84. The van der Waals surface area contributed by atoms with E-state index in [0.29, 0.717) is 16.0 Å². The molecule has 0 bridgehead atoms. The molecular formula is C28H23FN4O4S2. The molecule has 5 rings (SSSR count). The van der Waals surface area contributed by atoms with Crippen molar-refractivity contribution in [2.24, 2.45) is 5.10 Å². The van der Waals surface area contributed by atoms with Gasteiger partial charge in [0.15, 0.2) is 0 Å². The van der Waals surface area contributed by atoms with Gasteiger partial charge in [-0.1, -0.05) is 48.6 Å². The summed E-state index contributed by atoms with van der Waals surface area (Å²) in [4.78, 5) is 18.1. The predicted molar refractivity (Wildman–Crippen MR) is 149 cm³/mol. The molecule has 0 aliphatic rings. The summed E-state index contributed by atoms with van der Waals surface area (Å²) in [5, 5.41) is 5.59. The number of aromatic nitrogens is 1. The van der Waals surface area contributed by atoms with E-state index in [1.165, 1.54) is 59.2 Å². The van der Waals surface area contributed by atoms with E-state index in [-0.39, 0.29) is 28.7 Å². The first kappa shape index (κ1) is 26.4. The van der Waals surface area contributed by atoms with Crippen molar-refractivity contribution in [3.05, 3.63) is 114 Å². The van der Waals surface area contributed by atoms with E-state index >= 15 is 0 Å². The van der Waals surface area contributed by atoms with E-state index in [4.69, 9.17) is 4.42 Å². The van der Waals surface area contributed by atoms with Crippen molar-refractivity contribution in [2.75, 3.05) is 11.6 Å². The number of benzene rings is 3. The zero-order chi connectivity index (χ0) is 27.4. The summed E-state index contributed by atoms with van der Waals surface area (Å²) < 4.78 is 47.6. The van der Waals surface area contributed by atoms with Gasteiger partial charge in [-0.2, -0.15) is 14.4 Å². The molecule has 5 aromatic rings. The second kappa shape index (κ2) is 11.3. The van der Waals surface area contributed by atoms with Gasteiger partial charge in [0.2, 0.25) is 15.2 Å². The number of hydrogen-bond donors (Lipinski definition) is 0. The van der Waals surface area contributed by atoms with E-state index in [1.54, 1.807) is 19.1 Å². The molecule has 0 aliphatic heterocycles. The third-order valence-electron chi connectivity index (χ3n) is 5.85. The van der Waals surface area contributed by atoms with Gasteiger partial charge in [-0.25, -0.2) is 17.8 Å². The van der Waals surface area contributed by atoms with Crippen LogP contribution in [0.4, 0.5) is 9.52 Å². The average Bonchev–Trinajstić information content (AvgIpc) is 3.62. The number of thiazole rings is 1. The number of fused-ring (bicyclic) bond motifs is 1.